The van der Waals surface area contributed by atoms with Crippen molar-refractivity contribution in [1.29, 1.82) is 0 Å². The molecule has 0 amide bonds. The van der Waals surface area contributed by atoms with Gasteiger partial charge >= 0.3 is 5.63 Å². The topological polar surface area (TPSA) is 59.7 Å². The molecule has 0 fully saturated rings. The van der Waals surface area contributed by atoms with Crippen molar-refractivity contribution in [3.8, 4) is 11.5 Å². The van der Waals surface area contributed by atoms with Gasteiger partial charge in [-0.3, -0.25) is 0 Å². The highest BCUT2D eigenvalue weighted by atomic mass is 16.5. The van der Waals surface area contributed by atoms with E-state index < -0.39 is 5.63 Å². The highest BCUT2D eigenvalue weighted by molar-refractivity contribution is 5.80. The second-order valence-corrected chi connectivity index (χ2v) is 3.21. The Kier molecular flexibility index (Phi) is 2.64. The fourth-order valence-corrected chi connectivity index (χ4v) is 1.35. The van der Waals surface area contributed by atoms with E-state index in [9.17, 15) is 9.90 Å². The number of fused-ring (bicyclic) bond motifs is 1. The molecule has 0 radical (unpaired) electrons. The summed E-state index contributed by atoms with van der Waals surface area (Å²) < 4.78 is 10.2. The van der Waals surface area contributed by atoms with Crippen LogP contribution in [0.1, 0.15) is 0 Å². The first-order valence-corrected chi connectivity index (χ1v) is 4.71. The minimum atomic E-state index is -0.437. The van der Waals surface area contributed by atoms with Gasteiger partial charge in [-0.1, -0.05) is 12.7 Å². The fraction of sp³-hybridized carbons (Fsp3) is 0.0833. The Morgan fingerprint density at radius 2 is 2.25 bits per heavy atom. The van der Waals surface area contributed by atoms with Crippen molar-refractivity contribution in [2.75, 3.05) is 6.61 Å². The maximum absolute atomic E-state index is 11.0. The highest BCUT2D eigenvalue weighted by Crippen LogP contribution is 2.30. The molecule has 4 heteroatoms. The van der Waals surface area contributed by atoms with Gasteiger partial charge in [0.25, 0.3) is 0 Å². The van der Waals surface area contributed by atoms with Crippen LogP contribution in [-0.2, 0) is 0 Å². The number of phenolic OH excluding ortho intramolecular Hbond substituents is 1. The largest absolute Gasteiger partial charge is 0.504 e. The van der Waals surface area contributed by atoms with Gasteiger partial charge in [-0.15, -0.1) is 0 Å². The van der Waals surface area contributed by atoms with Crippen molar-refractivity contribution in [2.45, 2.75) is 0 Å². The summed E-state index contributed by atoms with van der Waals surface area (Å²) in [6.07, 6.45) is 1.56. The first kappa shape index (κ1) is 10.3. The molecular formula is C12H10O4. The van der Waals surface area contributed by atoms with E-state index in [4.69, 9.17) is 9.15 Å². The van der Waals surface area contributed by atoms with E-state index in [0.717, 1.165) is 0 Å². The lowest BCUT2D eigenvalue weighted by Crippen LogP contribution is -1.96. The Hall–Kier alpha value is -2.23. The first-order chi connectivity index (χ1) is 7.70. The molecule has 2 rings (SSSR count). The minimum Gasteiger partial charge on any atom is -0.504 e. The van der Waals surface area contributed by atoms with E-state index in [1.165, 1.54) is 18.2 Å². The minimum absolute atomic E-state index is 0.00296. The van der Waals surface area contributed by atoms with Crippen LogP contribution in [0, 0.1) is 0 Å². The Bertz CT molecular complexity index is 583. The fourth-order valence-electron chi connectivity index (χ4n) is 1.35. The molecule has 4 nitrogen and oxygen atoms in total. The molecule has 2 aromatic rings. The predicted molar refractivity (Wildman–Crippen MR) is 59.8 cm³/mol. The van der Waals surface area contributed by atoms with E-state index in [-0.39, 0.29) is 18.1 Å². The van der Waals surface area contributed by atoms with Gasteiger partial charge in [-0.05, 0) is 12.1 Å². The molecule has 1 N–H and O–H groups in total. The quantitative estimate of drug-likeness (QED) is 0.632. The van der Waals surface area contributed by atoms with Gasteiger partial charge in [-0.2, -0.15) is 0 Å². The molecule has 0 aliphatic heterocycles. The number of aromatic hydroxyl groups is 1. The molecule has 0 spiro atoms. The van der Waals surface area contributed by atoms with Gasteiger partial charge in [0, 0.05) is 17.5 Å². The van der Waals surface area contributed by atoms with Crippen molar-refractivity contribution >= 4 is 11.0 Å². The van der Waals surface area contributed by atoms with Crippen LogP contribution in [0.2, 0.25) is 0 Å². The van der Waals surface area contributed by atoms with Crippen LogP contribution in [0.25, 0.3) is 11.0 Å². The lowest BCUT2D eigenvalue weighted by molar-refractivity contribution is 0.336. The van der Waals surface area contributed by atoms with Crippen LogP contribution in [0.3, 0.4) is 0 Å². The van der Waals surface area contributed by atoms with E-state index >= 15 is 0 Å². The van der Waals surface area contributed by atoms with E-state index in [2.05, 4.69) is 6.58 Å². The number of phenols is 1. The van der Waals surface area contributed by atoms with E-state index in [1.807, 2.05) is 0 Å². The monoisotopic (exact) mass is 218 g/mol. The number of ether oxygens (including phenoxy) is 1. The van der Waals surface area contributed by atoms with Crippen molar-refractivity contribution < 1.29 is 14.3 Å². The molecule has 0 aliphatic carbocycles. The molecule has 0 saturated heterocycles. The second kappa shape index (κ2) is 4.10. The van der Waals surface area contributed by atoms with Gasteiger partial charge in [0.1, 0.15) is 12.2 Å². The molecule has 0 atom stereocenters. The number of hydrogen-bond acceptors (Lipinski definition) is 4. The summed E-state index contributed by atoms with van der Waals surface area (Å²) in [5.74, 6) is 0.268. The zero-order valence-electron chi connectivity index (χ0n) is 8.47. The van der Waals surface area contributed by atoms with Crippen molar-refractivity contribution in [3.63, 3.8) is 0 Å². The van der Waals surface area contributed by atoms with Gasteiger partial charge in [-0.25, -0.2) is 4.79 Å². The van der Waals surface area contributed by atoms with Crippen molar-refractivity contribution in [1.82, 2.24) is 0 Å². The Morgan fingerprint density at radius 3 is 3.00 bits per heavy atom. The Balaban J connectivity index is 2.54. The molecule has 0 unspecified atom stereocenters. The predicted octanol–water partition coefficient (Wildman–Crippen LogP) is 2.06. The van der Waals surface area contributed by atoms with Crippen LogP contribution in [-0.4, -0.2) is 11.7 Å². The average Bonchev–Trinajstić information content (AvgIpc) is 2.27. The maximum Gasteiger partial charge on any atom is 0.336 e. The van der Waals surface area contributed by atoms with E-state index in [0.29, 0.717) is 11.0 Å². The molecule has 0 aliphatic rings. The highest BCUT2D eigenvalue weighted by Gasteiger charge is 2.06. The zero-order chi connectivity index (χ0) is 11.5. The summed E-state index contributed by atoms with van der Waals surface area (Å²) in [6.45, 7) is 3.78. The second-order valence-electron chi connectivity index (χ2n) is 3.21. The zero-order valence-corrected chi connectivity index (χ0v) is 8.47. The summed E-state index contributed by atoms with van der Waals surface area (Å²) >= 11 is 0. The average molecular weight is 218 g/mol. The van der Waals surface area contributed by atoms with Gasteiger partial charge in [0.2, 0.25) is 0 Å². The normalized spacial score (nSPS) is 10.2. The van der Waals surface area contributed by atoms with Crippen LogP contribution in [0.5, 0.6) is 11.5 Å². The third-order valence-corrected chi connectivity index (χ3v) is 2.06. The summed E-state index contributed by atoms with van der Waals surface area (Å²) in [7, 11) is 0. The third-order valence-electron chi connectivity index (χ3n) is 2.06. The van der Waals surface area contributed by atoms with Crippen LogP contribution < -0.4 is 10.4 Å². The number of hydrogen-bond donors (Lipinski definition) is 1. The third kappa shape index (κ3) is 1.91. The molecule has 0 bridgehead atoms. The van der Waals surface area contributed by atoms with Gasteiger partial charge < -0.3 is 14.3 Å². The number of rotatable bonds is 3. The van der Waals surface area contributed by atoms with Gasteiger partial charge in [0.05, 0.1) is 0 Å². The van der Waals surface area contributed by atoms with Crippen LogP contribution in [0.15, 0.2) is 46.1 Å². The molecule has 1 heterocycles. The Morgan fingerprint density at radius 1 is 1.44 bits per heavy atom. The summed E-state index contributed by atoms with van der Waals surface area (Å²) in [4.78, 5) is 11.0. The summed E-state index contributed by atoms with van der Waals surface area (Å²) in [5.41, 5.74) is -0.0581. The van der Waals surface area contributed by atoms with E-state index in [1.54, 1.807) is 12.1 Å². The molecule has 1 aromatic heterocycles. The van der Waals surface area contributed by atoms with Crippen LogP contribution in [0.4, 0.5) is 0 Å². The first-order valence-electron chi connectivity index (χ1n) is 4.71. The van der Waals surface area contributed by atoms with Crippen molar-refractivity contribution in [2.24, 2.45) is 0 Å². The van der Waals surface area contributed by atoms with Gasteiger partial charge in [0.15, 0.2) is 11.5 Å². The van der Waals surface area contributed by atoms with Crippen LogP contribution >= 0.6 is 0 Å². The molecule has 16 heavy (non-hydrogen) atoms. The summed E-state index contributed by atoms with van der Waals surface area (Å²) in [6, 6.07) is 5.84. The van der Waals surface area contributed by atoms with Crippen molar-refractivity contribution in [3.05, 3.63) is 47.3 Å². The maximum atomic E-state index is 11.0. The lowest BCUT2D eigenvalue weighted by atomic mass is 10.2. The Labute approximate surface area is 91.4 Å². The SMILES string of the molecule is C=CCOc1cc2oc(=O)ccc2cc1O. The molecule has 82 valence electrons. The molecule has 1 aromatic carbocycles. The summed E-state index contributed by atoms with van der Waals surface area (Å²) in [5, 5.41) is 10.3. The smallest absolute Gasteiger partial charge is 0.336 e. The molecular weight excluding hydrogens is 208 g/mol. The number of benzene rings is 1. The standard InChI is InChI=1S/C12H10O4/c1-2-5-15-11-7-10-8(6-9(11)13)3-4-12(14)16-10/h2-4,6-7,13H,1,5H2. The lowest BCUT2D eigenvalue weighted by Gasteiger charge is -2.06. The molecule has 0 saturated carbocycles.